The Labute approximate surface area is 106 Å². The van der Waals surface area contributed by atoms with Gasteiger partial charge in [0.2, 0.25) is 0 Å². The molecule has 1 amide bonds. The maximum Gasteiger partial charge on any atom is 0.488 e. The molecule has 0 unspecified atom stereocenters. The zero-order chi connectivity index (χ0) is 14.2. The van der Waals surface area contributed by atoms with Crippen LogP contribution in [0.25, 0.3) is 0 Å². The van der Waals surface area contributed by atoms with Gasteiger partial charge in [0, 0.05) is 0 Å². The molecule has 1 heterocycles. The van der Waals surface area contributed by atoms with E-state index < -0.39 is 32.4 Å². The van der Waals surface area contributed by atoms with Crippen LogP contribution < -0.4 is 15.1 Å². The lowest BCUT2D eigenvalue weighted by Gasteiger charge is -2.30. The summed E-state index contributed by atoms with van der Waals surface area (Å²) in [5.74, 6) is -0.748. The molecule has 0 fully saturated rings. The van der Waals surface area contributed by atoms with E-state index >= 15 is 0 Å². The molecular weight excluding hydrogens is 266 g/mol. The summed E-state index contributed by atoms with van der Waals surface area (Å²) in [6.07, 6.45) is -4.56. The summed E-state index contributed by atoms with van der Waals surface area (Å²) in [5, 5.41) is 18.0. The Kier molecular flexibility index (Phi) is 3.42. The first kappa shape index (κ1) is 13.7. The van der Waals surface area contributed by atoms with Crippen molar-refractivity contribution < 1.29 is 32.8 Å². The number of amides is 1. The largest absolute Gasteiger partial charge is 0.488 e. The van der Waals surface area contributed by atoms with Crippen LogP contribution in [0.1, 0.15) is 0 Å². The van der Waals surface area contributed by atoms with Crippen LogP contribution in [0.5, 0.6) is 5.75 Å². The van der Waals surface area contributed by atoms with E-state index in [2.05, 4.69) is 0 Å². The molecule has 0 saturated carbocycles. The van der Waals surface area contributed by atoms with E-state index in [1.807, 2.05) is 0 Å². The van der Waals surface area contributed by atoms with Crippen molar-refractivity contribution in [1.82, 2.24) is 0 Å². The van der Waals surface area contributed by atoms with Gasteiger partial charge in [-0.05, 0) is 17.6 Å². The summed E-state index contributed by atoms with van der Waals surface area (Å²) in [6.45, 7) is -1.93. The van der Waals surface area contributed by atoms with E-state index in [0.29, 0.717) is 4.90 Å². The fourth-order valence-electron chi connectivity index (χ4n) is 1.73. The maximum atomic E-state index is 12.4. The summed E-state index contributed by atoms with van der Waals surface area (Å²) < 4.78 is 42.3. The third-order valence-corrected chi connectivity index (χ3v) is 2.56. The normalized spacial score (nSPS) is 15.0. The zero-order valence-corrected chi connectivity index (χ0v) is 9.52. The topological polar surface area (TPSA) is 70.0 Å². The van der Waals surface area contributed by atoms with Crippen molar-refractivity contribution in [2.24, 2.45) is 0 Å². The minimum absolute atomic E-state index is 0.0239. The van der Waals surface area contributed by atoms with Crippen LogP contribution in [-0.4, -0.2) is 42.4 Å². The molecule has 2 rings (SSSR count). The van der Waals surface area contributed by atoms with Gasteiger partial charge in [0.25, 0.3) is 5.91 Å². The lowest BCUT2D eigenvalue weighted by Crippen LogP contribution is -2.45. The van der Waals surface area contributed by atoms with Gasteiger partial charge < -0.3 is 14.8 Å². The van der Waals surface area contributed by atoms with Crippen LogP contribution in [0.2, 0.25) is 0 Å². The average Bonchev–Trinajstić information content (AvgIpc) is 2.31. The van der Waals surface area contributed by atoms with Crippen molar-refractivity contribution in [2.75, 3.05) is 18.1 Å². The van der Waals surface area contributed by atoms with Crippen LogP contribution in [0.15, 0.2) is 18.2 Å². The minimum Gasteiger partial charge on any atom is -0.482 e. The molecule has 1 aliphatic rings. The van der Waals surface area contributed by atoms with Crippen LogP contribution >= 0.6 is 0 Å². The van der Waals surface area contributed by atoms with Gasteiger partial charge in [-0.2, -0.15) is 13.2 Å². The van der Waals surface area contributed by atoms with E-state index in [1.54, 1.807) is 0 Å². The number of carbonyl (C=O) groups excluding carboxylic acids is 1. The summed E-state index contributed by atoms with van der Waals surface area (Å²) in [6, 6.07) is 3.67. The highest BCUT2D eigenvalue weighted by atomic mass is 19.4. The number of benzene rings is 1. The molecule has 0 bridgehead atoms. The molecule has 0 radical (unpaired) electrons. The molecule has 0 spiro atoms. The number of hydrogen-bond donors (Lipinski definition) is 2. The fourth-order valence-corrected chi connectivity index (χ4v) is 1.73. The van der Waals surface area contributed by atoms with Crippen LogP contribution in [0, 0.1) is 0 Å². The highest BCUT2D eigenvalue weighted by Gasteiger charge is 2.37. The SMILES string of the molecule is O=C1COc2ccc(B(O)O)cc2N1CC(F)(F)F. The van der Waals surface area contributed by atoms with Crippen molar-refractivity contribution in [3.8, 4) is 5.75 Å². The van der Waals surface area contributed by atoms with Gasteiger partial charge in [-0.15, -0.1) is 0 Å². The van der Waals surface area contributed by atoms with Crippen LogP contribution in [0.4, 0.5) is 18.9 Å². The van der Waals surface area contributed by atoms with E-state index in [9.17, 15) is 18.0 Å². The van der Waals surface area contributed by atoms with Gasteiger partial charge in [0.1, 0.15) is 12.3 Å². The second kappa shape index (κ2) is 4.74. The van der Waals surface area contributed by atoms with Crippen LogP contribution in [0.3, 0.4) is 0 Å². The Morgan fingerprint density at radius 1 is 1.37 bits per heavy atom. The number of fused-ring (bicyclic) bond motifs is 1. The number of alkyl halides is 3. The van der Waals surface area contributed by atoms with Gasteiger partial charge in [-0.1, -0.05) is 6.07 Å². The molecule has 1 aromatic carbocycles. The molecule has 5 nitrogen and oxygen atoms in total. The highest BCUT2D eigenvalue weighted by molar-refractivity contribution is 6.58. The number of nitrogens with zero attached hydrogens (tertiary/aromatic N) is 1. The molecule has 0 atom stereocenters. The number of halogens is 3. The number of carbonyl (C=O) groups is 1. The van der Waals surface area contributed by atoms with E-state index in [-0.39, 0.29) is 16.9 Å². The lowest BCUT2D eigenvalue weighted by molar-refractivity contribution is -0.134. The lowest BCUT2D eigenvalue weighted by atomic mass is 9.80. The first-order valence-corrected chi connectivity index (χ1v) is 5.28. The Morgan fingerprint density at radius 3 is 2.63 bits per heavy atom. The maximum absolute atomic E-state index is 12.4. The smallest absolute Gasteiger partial charge is 0.482 e. The van der Waals surface area contributed by atoms with Crippen molar-refractivity contribution in [3.05, 3.63) is 18.2 Å². The number of ether oxygens (including phenoxy) is 1. The molecule has 0 saturated heterocycles. The molecule has 2 N–H and O–H groups in total. The zero-order valence-electron chi connectivity index (χ0n) is 9.52. The van der Waals surface area contributed by atoms with E-state index in [0.717, 1.165) is 6.07 Å². The molecule has 0 aromatic heterocycles. The summed E-state index contributed by atoms with van der Waals surface area (Å²) in [4.78, 5) is 12.0. The number of hydrogen-bond acceptors (Lipinski definition) is 4. The molecule has 19 heavy (non-hydrogen) atoms. The summed E-state index contributed by atoms with van der Waals surface area (Å²) >= 11 is 0. The third-order valence-electron chi connectivity index (χ3n) is 2.56. The monoisotopic (exact) mass is 275 g/mol. The van der Waals surface area contributed by atoms with Gasteiger partial charge >= 0.3 is 13.3 Å². The quantitative estimate of drug-likeness (QED) is 0.724. The summed E-state index contributed by atoms with van der Waals surface area (Å²) in [7, 11) is -1.84. The Hall–Kier alpha value is -1.74. The minimum atomic E-state index is -4.56. The molecule has 1 aliphatic heterocycles. The molecule has 1 aromatic rings. The van der Waals surface area contributed by atoms with Crippen molar-refractivity contribution >= 4 is 24.2 Å². The second-order valence-electron chi connectivity index (χ2n) is 3.98. The number of rotatable bonds is 2. The summed E-state index contributed by atoms with van der Waals surface area (Å²) in [5.41, 5.74) is -0.150. The van der Waals surface area contributed by atoms with E-state index in [4.69, 9.17) is 14.8 Å². The Bertz CT molecular complexity index is 506. The molecule has 9 heteroatoms. The van der Waals surface area contributed by atoms with Gasteiger partial charge in [-0.3, -0.25) is 9.69 Å². The molecule has 0 aliphatic carbocycles. The standard InChI is InChI=1S/C10H9BF3NO4/c12-10(13,14)5-15-7-3-6(11(17)18)1-2-8(7)19-4-9(15)16/h1-3,17-18H,4-5H2. The van der Waals surface area contributed by atoms with E-state index in [1.165, 1.54) is 12.1 Å². The van der Waals surface area contributed by atoms with Crippen LogP contribution in [-0.2, 0) is 4.79 Å². The molecular formula is C10H9BF3NO4. The van der Waals surface area contributed by atoms with Gasteiger partial charge in [0.05, 0.1) is 5.69 Å². The van der Waals surface area contributed by atoms with Crippen molar-refractivity contribution in [1.29, 1.82) is 0 Å². The van der Waals surface area contributed by atoms with Crippen molar-refractivity contribution in [3.63, 3.8) is 0 Å². The predicted molar refractivity (Wildman–Crippen MR) is 60.2 cm³/mol. The Morgan fingerprint density at radius 2 is 2.05 bits per heavy atom. The number of anilines is 1. The predicted octanol–water partition coefficient (Wildman–Crippen LogP) is -0.346. The first-order valence-electron chi connectivity index (χ1n) is 5.28. The molecule has 102 valence electrons. The highest BCUT2D eigenvalue weighted by Crippen LogP contribution is 2.33. The van der Waals surface area contributed by atoms with Gasteiger partial charge in [0.15, 0.2) is 6.61 Å². The second-order valence-corrected chi connectivity index (χ2v) is 3.98. The Balaban J connectivity index is 2.41. The third kappa shape index (κ3) is 2.99. The van der Waals surface area contributed by atoms with Gasteiger partial charge in [-0.25, -0.2) is 0 Å². The first-order chi connectivity index (χ1) is 8.78. The van der Waals surface area contributed by atoms with Crippen molar-refractivity contribution in [2.45, 2.75) is 6.18 Å². The fraction of sp³-hybridized carbons (Fsp3) is 0.300. The average molecular weight is 275 g/mol.